The number of likely N-dealkylation sites (tertiary alicyclic amines) is 1. The van der Waals surface area contributed by atoms with Crippen LogP contribution in [0.15, 0.2) is 104 Å². The summed E-state index contributed by atoms with van der Waals surface area (Å²) in [6.45, 7) is 4.62. The van der Waals surface area contributed by atoms with Gasteiger partial charge in [-0.1, -0.05) is 84.9 Å². The standard InChI is InChI=1S/C25H24N2O/c1-2-23-18-25(20-12-6-3-7-13-20,21-14-8-4-9-15-21)19-27(23)24(28)26-22-16-10-5-11-17-22/h2-17,23H,1,18-19H2,(H,26,28). The van der Waals surface area contributed by atoms with Gasteiger partial charge in [0.25, 0.3) is 0 Å². The summed E-state index contributed by atoms with van der Waals surface area (Å²) in [5, 5.41) is 3.03. The largest absolute Gasteiger partial charge is 0.322 e. The Hall–Kier alpha value is -3.33. The van der Waals surface area contributed by atoms with Crippen molar-refractivity contribution >= 4 is 11.7 Å². The van der Waals surface area contributed by atoms with Crippen molar-refractivity contribution in [3.63, 3.8) is 0 Å². The molecule has 2 amide bonds. The van der Waals surface area contributed by atoms with Crippen LogP contribution in [0.5, 0.6) is 0 Å². The van der Waals surface area contributed by atoms with Gasteiger partial charge in [0, 0.05) is 17.6 Å². The van der Waals surface area contributed by atoms with Gasteiger partial charge >= 0.3 is 6.03 Å². The molecule has 1 heterocycles. The van der Waals surface area contributed by atoms with Crippen LogP contribution in [0.4, 0.5) is 10.5 Å². The maximum atomic E-state index is 13.1. The molecule has 1 saturated heterocycles. The van der Waals surface area contributed by atoms with E-state index in [2.05, 4.69) is 60.4 Å². The highest BCUT2D eigenvalue weighted by atomic mass is 16.2. The van der Waals surface area contributed by atoms with Gasteiger partial charge < -0.3 is 10.2 Å². The second kappa shape index (κ2) is 7.73. The van der Waals surface area contributed by atoms with Gasteiger partial charge in [0.1, 0.15) is 0 Å². The zero-order valence-corrected chi connectivity index (χ0v) is 15.8. The van der Waals surface area contributed by atoms with E-state index in [9.17, 15) is 4.79 Å². The summed E-state index contributed by atoms with van der Waals surface area (Å²) in [4.78, 5) is 15.0. The average Bonchev–Trinajstić information content (AvgIpc) is 3.17. The number of hydrogen-bond acceptors (Lipinski definition) is 1. The number of anilines is 1. The van der Waals surface area contributed by atoms with Crippen LogP contribution in [0.3, 0.4) is 0 Å². The van der Waals surface area contributed by atoms with Crippen LogP contribution in [0.1, 0.15) is 17.5 Å². The molecule has 1 unspecified atom stereocenters. The average molecular weight is 368 g/mol. The number of nitrogens with zero attached hydrogens (tertiary/aromatic N) is 1. The summed E-state index contributed by atoms with van der Waals surface area (Å²) in [7, 11) is 0. The molecule has 0 aliphatic carbocycles. The van der Waals surface area contributed by atoms with Gasteiger partial charge in [-0.2, -0.15) is 0 Å². The fourth-order valence-corrected chi connectivity index (χ4v) is 4.19. The van der Waals surface area contributed by atoms with E-state index < -0.39 is 0 Å². The highest BCUT2D eigenvalue weighted by molar-refractivity contribution is 5.90. The fourth-order valence-electron chi connectivity index (χ4n) is 4.19. The molecule has 4 rings (SSSR count). The van der Waals surface area contributed by atoms with E-state index in [-0.39, 0.29) is 17.5 Å². The molecule has 0 saturated carbocycles. The number of nitrogens with one attached hydrogen (secondary N) is 1. The van der Waals surface area contributed by atoms with Crippen LogP contribution in [-0.2, 0) is 5.41 Å². The first-order chi connectivity index (χ1) is 13.7. The Balaban J connectivity index is 1.71. The second-order valence-corrected chi connectivity index (χ2v) is 7.25. The van der Waals surface area contributed by atoms with Crippen molar-refractivity contribution in [2.75, 3.05) is 11.9 Å². The van der Waals surface area contributed by atoms with E-state index in [0.717, 1.165) is 12.1 Å². The molecule has 3 nitrogen and oxygen atoms in total. The Labute approximate surface area is 166 Å². The van der Waals surface area contributed by atoms with Crippen LogP contribution < -0.4 is 5.32 Å². The minimum Gasteiger partial charge on any atom is -0.317 e. The number of hydrogen-bond donors (Lipinski definition) is 1. The van der Waals surface area contributed by atoms with Crippen LogP contribution >= 0.6 is 0 Å². The Morgan fingerprint density at radius 1 is 0.893 bits per heavy atom. The number of benzene rings is 3. The van der Waals surface area contributed by atoms with Crippen LogP contribution in [-0.4, -0.2) is 23.5 Å². The van der Waals surface area contributed by atoms with Gasteiger partial charge in [-0.05, 0) is 29.7 Å². The first-order valence-electron chi connectivity index (χ1n) is 9.59. The predicted octanol–water partition coefficient (Wildman–Crippen LogP) is 5.47. The first kappa shape index (κ1) is 18.1. The summed E-state index contributed by atoms with van der Waals surface area (Å²) >= 11 is 0. The minimum atomic E-state index is -0.255. The Bertz CT molecular complexity index is 899. The molecule has 0 aromatic heterocycles. The minimum absolute atomic E-state index is 0.0378. The zero-order chi connectivity index (χ0) is 19.4. The van der Waals surface area contributed by atoms with E-state index in [1.165, 1.54) is 11.1 Å². The van der Waals surface area contributed by atoms with Gasteiger partial charge in [0.05, 0.1) is 6.04 Å². The summed E-state index contributed by atoms with van der Waals surface area (Å²) in [5.41, 5.74) is 2.99. The van der Waals surface area contributed by atoms with Crippen molar-refractivity contribution in [3.05, 3.63) is 115 Å². The maximum Gasteiger partial charge on any atom is 0.322 e. The van der Waals surface area contributed by atoms with Crippen molar-refractivity contribution in [1.29, 1.82) is 0 Å². The predicted molar refractivity (Wildman–Crippen MR) is 114 cm³/mol. The summed E-state index contributed by atoms with van der Waals surface area (Å²) < 4.78 is 0. The lowest BCUT2D eigenvalue weighted by Gasteiger charge is -2.30. The lowest BCUT2D eigenvalue weighted by atomic mass is 9.73. The van der Waals surface area contributed by atoms with Gasteiger partial charge in [-0.25, -0.2) is 4.79 Å². The van der Waals surface area contributed by atoms with Crippen LogP contribution in [0.25, 0.3) is 0 Å². The fraction of sp³-hybridized carbons (Fsp3) is 0.160. The molecule has 1 atom stereocenters. The summed E-state index contributed by atoms with van der Waals surface area (Å²) in [5.74, 6) is 0. The number of urea groups is 1. The van der Waals surface area contributed by atoms with Crippen LogP contribution in [0.2, 0.25) is 0 Å². The smallest absolute Gasteiger partial charge is 0.317 e. The maximum absolute atomic E-state index is 13.1. The van der Waals surface area contributed by atoms with Crippen molar-refractivity contribution in [1.82, 2.24) is 4.90 Å². The molecular formula is C25H24N2O. The topological polar surface area (TPSA) is 32.3 Å². The monoisotopic (exact) mass is 368 g/mol. The molecule has 0 bridgehead atoms. The Kier molecular flexibility index (Phi) is 4.98. The zero-order valence-electron chi connectivity index (χ0n) is 15.8. The molecule has 140 valence electrons. The van der Waals surface area contributed by atoms with Gasteiger partial charge in [-0.3, -0.25) is 0 Å². The van der Waals surface area contributed by atoms with Crippen molar-refractivity contribution in [2.24, 2.45) is 0 Å². The SMILES string of the molecule is C=CC1CC(c2ccccc2)(c2ccccc2)CN1C(=O)Nc1ccccc1. The van der Waals surface area contributed by atoms with Crippen molar-refractivity contribution < 1.29 is 4.79 Å². The molecule has 1 fully saturated rings. The third kappa shape index (κ3) is 3.31. The highest BCUT2D eigenvalue weighted by Crippen LogP contribution is 2.44. The van der Waals surface area contributed by atoms with E-state index in [1.54, 1.807) is 0 Å². The molecule has 3 heteroatoms. The van der Waals surface area contributed by atoms with E-state index in [1.807, 2.05) is 53.4 Å². The molecule has 3 aromatic carbocycles. The quantitative estimate of drug-likeness (QED) is 0.609. The molecular weight excluding hydrogens is 344 g/mol. The molecule has 1 N–H and O–H groups in total. The van der Waals surface area contributed by atoms with E-state index in [4.69, 9.17) is 0 Å². The molecule has 3 aromatic rings. The van der Waals surface area contributed by atoms with E-state index in [0.29, 0.717) is 6.54 Å². The summed E-state index contributed by atoms with van der Waals surface area (Å²) in [6.07, 6.45) is 2.70. The second-order valence-electron chi connectivity index (χ2n) is 7.25. The Morgan fingerprint density at radius 3 is 1.89 bits per heavy atom. The third-order valence-electron chi connectivity index (χ3n) is 5.61. The third-order valence-corrected chi connectivity index (χ3v) is 5.61. The molecule has 0 radical (unpaired) electrons. The van der Waals surface area contributed by atoms with Gasteiger partial charge in [0.2, 0.25) is 0 Å². The van der Waals surface area contributed by atoms with Crippen LogP contribution in [0, 0.1) is 0 Å². The first-order valence-corrected chi connectivity index (χ1v) is 9.59. The van der Waals surface area contributed by atoms with E-state index >= 15 is 0 Å². The molecule has 0 spiro atoms. The number of rotatable bonds is 4. The molecule has 1 aliphatic heterocycles. The van der Waals surface area contributed by atoms with Gasteiger partial charge in [-0.15, -0.1) is 6.58 Å². The molecule has 28 heavy (non-hydrogen) atoms. The van der Waals surface area contributed by atoms with Gasteiger partial charge in [0.15, 0.2) is 0 Å². The highest BCUT2D eigenvalue weighted by Gasteiger charge is 2.47. The number of carbonyl (C=O) groups excluding carboxylic acids is 1. The number of amides is 2. The Morgan fingerprint density at radius 2 is 1.39 bits per heavy atom. The lowest BCUT2D eigenvalue weighted by molar-refractivity contribution is 0.213. The van der Waals surface area contributed by atoms with Crippen molar-refractivity contribution in [2.45, 2.75) is 17.9 Å². The normalized spacial score (nSPS) is 17.9. The van der Waals surface area contributed by atoms with Crippen molar-refractivity contribution in [3.8, 4) is 0 Å². The molecule has 1 aliphatic rings. The lowest BCUT2D eigenvalue weighted by Crippen LogP contribution is -2.40. The number of carbonyl (C=O) groups is 1. The summed E-state index contributed by atoms with van der Waals surface area (Å²) in [6, 6.07) is 30.4. The number of para-hydroxylation sites is 1.